The molecule has 2 aliphatic heterocycles. The van der Waals surface area contributed by atoms with Crippen LogP contribution in [-0.2, 0) is 11.2 Å². The van der Waals surface area contributed by atoms with Crippen LogP contribution in [-0.4, -0.2) is 28.2 Å². The van der Waals surface area contributed by atoms with Crippen molar-refractivity contribution in [2.75, 3.05) is 11.4 Å². The first-order valence-electron chi connectivity index (χ1n) is 8.95. The van der Waals surface area contributed by atoms with Crippen molar-refractivity contribution in [3.8, 4) is 11.1 Å². The second-order valence-corrected chi connectivity index (χ2v) is 7.16. The summed E-state index contributed by atoms with van der Waals surface area (Å²) in [5.41, 5.74) is 6.39. The number of aryl methyl sites for hydroxylation is 1. The molecule has 2 N–H and O–H groups in total. The van der Waals surface area contributed by atoms with Crippen molar-refractivity contribution < 1.29 is 4.79 Å². The van der Waals surface area contributed by atoms with Crippen molar-refractivity contribution in [2.45, 2.75) is 25.3 Å². The molecule has 1 atom stereocenters. The molecule has 26 heavy (non-hydrogen) atoms. The number of rotatable bonds is 2. The van der Waals surface area contributed by atoms with Gasteiger partial charge in [-0.15, -0.1) is 0 Å². The molecule has 1 saturated heterocycles. The Morgan fingerprint density at radius 1 is 1.12 bits per heavy atom. The number of aromatic nitrogens is 2. The fraction of sp³-hybridized carbons (Fsp3) is 0.238. The number of aromatic amines is 1. The summed E-state index contributed by atoms with van der Waals surface area (Å²) in [6, 6.07) is 14.7. The lowest BCUT2D eigenvalue weighted by atomic mass is 9.90. The maximum Gasteiger partial charge on any atom is 0.246 e. The van der Waals surface area contributed by atoms with Gasteiger partial charge < -0.3 is 10.2 Å². The first-order valence-corrected chi connectivity index (χ1v) is 8.95. The lowest BCUT2D eigenvalue weighted by Gasteiger charge is -2.35. The Morgan fingerprint density at radius 3 is 2.65 bits per heavy atom. The van der Waals surface area contributed by atoms with Crippen molar-refractivity contribution >= 4 is 17.3 Å². The van der Waals surface area contributed by atoms with Gasteiger partial charge in [0.05, 0.1) is 6.20 Å². The number of carbonyl (C=O) groups excluding carboxylic acids is 1. The van der Waals surface area contributed by atoms with Crippen LogP contribution in [0.2, 0.25) is 0 Å². The zero-order valence-corrected chi connectivity index (χ0v) is 14.6. The summed E-state index contributed by atoms with van der Waals surface area (Å²) < 4.78 is 0. The minimum absolute atomic E-state index is 0.131. The molecule has 1 amide bonds. The molecular formula is C21H20N4O. The molecule has 0 aliphatic carbocycles. The summed E-state index contributed by atoms with van der Waals surface area (Å²) in [6.07, 6.45) is 5.29. The fourth-order valence-corrected chi connectivity index (χ4v) is 4.37. The van der Waals surface area contributed by atoms with Gasteiger partial charge in [0.25, 0.3) is 0 Å². The highest BCUT2D eigenvalue weighted by Crippen LogP contribution is 2.48. The van der Waals surface area contributed by atoms with Gasteiger partial charge in [0.15, 0.2) is 0 Å². The molecule has 3 heterocycles. The number of nitrogens with zero attached hydrogens (tertiary/aromatic N) is 2. The molecule has 1 fully saturated rings. The van der Waals surface area contributed by atoms with Crippen LogP contribution in [0.15, 0.2) is 54.9 Å². The number of hydrogen-bond donors (Lipinski definition) is 2. The van der Waals surface area contributed by atoms with E-state index in [1.54, 1.807) is 0 Å². The summed E-state index contributed by atoms with van der Waals surface area (Å²) in [5.74, 6) is 0.131. The first kappa shape index (κ1) is 15.2. The molecule has 0 bridgehead atoms. The van der Waals surface area contributed by atoms with E-state index in [0.29, 0.717) is 0 Å². The standard InChI is InChI=1S/C21H20N4O/c1-14-3-2-4-19-18(14)11-21(9-10-22-20(21)26)25(19)17-7-5-15(6-8-17)16-12-23-24-13-16/h2-8,12-13H,9-11H2,1H3,(H,22,26)(H,23,24). The topological polar surface area (TPSA) is 61.0 Å². The van der Waals surface area contributed by atoms with E-state index < -0.39 is 5.54 Å². The number of nitrogens with one attached hydrogen (secondary N) is 2. The number of carbonyl (C=O) groups is 1. The van der Waals surface area contributed by atoms with Gasteiger partial charge >= 0.3 is 0 Å². The third-order valence-corrected chi connectivity index (χ3v) is 5.73. The van der Waals surface area contributed by atoms with Gasteiger partial charge in [0.2, 0.25) is 5.91 Å². The zero-order valence-electron chi connectivity index (χ0n) is 14.6. The number of hydrogen-bond acceptors (Lipinski definition) is 3. The first-order chi connectivity index (χ1) is 12.7. The SMILES string of the molecule is Cc1cccc2c1CC1(CCNC1=O)N2c1ccc(-c2cn[nH]c2)cc1. The monoisotopic (exact) mass is 344 g/mol. The molecule has 130 valence electrons. The van der Waals surface area contributed by atoms with E-state index in [2.05, 4.69) is 69.8 Å². The predicted octanol–water partition coefficient (Wildman–Crippen LogP) is 3.34. The third-order valence-electron chi connectivity index (χ3n) is 5.73. The Hall–Kier alpha value is -3.08. The van der Waals surface area contributed by atoms with Crippen LogP contribution in [0.3, 0.4) is 0 Å². The maximum atomic E-state index is 12.9. The molecule has 5 heteroatoms. The lowest BCUT2D eigenvalue weighted by molar-refractivity contribution is -0.123. The van der Waals surface area contributed by atoms with E-state index in [9.17, 15) is 4.79 Å². The molecule has 0 saturated carbocycles. The Labute approximate surface area is 152 Å². The van der Waals surface area contributed by atoms with Crippen LogP contribution in [0.5, 0.6) is 0 Å². The Bertz CT molecular complexity index is 978. The Kier molecular flexibility index (Phi) is 3.19. The Morgan fingerprint density at radius 2 is 1.96 bits per heavy atom. The summed E-state index contributed by atoms with van der Waals surface area (Å²) in [4.78, 5) is 15.1. The molecular weight excluding hydrogens is 324 g/mol. The lowest BCUT2D eigenvalue weighted by Crippen LogP contribution is -2.50. The molecule has 0 radical (unpaired) electrons. The van der Waals surface area contributed by atoms with Crippen LogP contribution in [0.25, 0.3) is 11.1 Å². The van der Waals surface area contributed by atoms with Crippen molar-refractivity contribution in [1.82, 2.24) is 15.5 Å². The van der Waals surface area contributed by atoms with E-state index in [-0.39, 0.29) is 5.91 Å². The van der Waals surface area contributed by atoms with Gasteiger partial charge in [-0.05, 0) is 48.2 Å². The molecule has 3 aromatic rings. The normalized spacial score (nSPS) is 21.3. The molecule has 2 aliphatic rings. The molecule has 1 spiro atoms. The van der Waals surface area contributed by atoms with Crippen molar-refractivity contribution in [3.63, 3.8) is 0 Å². The highest BCUT2D eigenvalue weighted by Gasteiger charge is 2.53. The largest absolute Gasteiger partial charge is 0.354 e. The Balaban J connectivity index is 1.63. The van der Waals surface area contributed by atoms with Crippen LogP contribution in [0, 0.1) is 6.92 Å². The van der Waals surface area contributed by atoms with Gasteiger partial charge in [-0.2, -0.15) is 5.10 Å². The highest BCUT2D eigenvalue weighted by atomic mass is 16.2. The molecule has 1 aromatic heterocycles. The minimum atomic E-state index is -0.508. The summed E-state index contributed by atoms with van der Waals surface area (Å²) in [5, 5.41) is 9.91. The van der Waals surface area contributed by atoms with Gasteiger partial charge in [0.1, 0.15) is 5.54 Å². The van der Waals surface area contributed by atoms with Crippen LogP contribution in [0.4, 0.5) is 11.4 Å². The van der Waals surface area contributed by atoms with Crippen molar-refractivity contribution in [2.24, 2.45) is 0 Å². The average Bonchev–Trinajstić information content (AvgIpc) is 3.37. The van der Waals surface area contributed by atoms with Crippen LogP contribution >= 0.6 is 0 Å². The van der Waals surface area contributed by atoms with Crippen LogP contribution < -0.4 is 10.2 Å². The van der Waals surface area contributed by atoms with Crippen molar-refractivity contribution in [3.05, 3.63) is 66.0 Å². The van der Waals surface area contributed by atoms with Gasteiger partial charge in [-0.25, -0.2) is 0 Å². The smallest absolute Gasteiger partial charge is 0.246 e. The summed E-state index contributed by atoms with van der Waals surface area (Å²) >= 11 is 0. The van der Waals surface area contributed by atoms with E-state index >= 15 is 0 Å². The van der Waals surface area contributed by atoms with E-state index in [0.717, 1.165) is 41.9 Å². The zero-order chi connectivity index (χ0) is 17.7. The molecule has 1 unspecified atom stereocenters. The molecule has 5 rings (SSSR count). The van der Waals surface area contributed by atoms with Crippen LogP contribution in [0.1, 0.15) is 17.5 Å². The average molecular weight is 344 g/mol. The maximum absolute atomic E-state index is 12.9. The van der Waals surface area contributed by atoms with E-state index in [4.69, 9.17) is 0 Å². The number of fused-ring (bicyclic) bond motifs is 1. The number of benzene rings is 2. The quantitative estimate of drug-likeness (QED) is 0.749. The van der Waals surface area contributed by atoms with Gasteiger partial charge in [-0.3, -0.25) is 9.89 Å². The highest BCUT2D eigenvalue weighted by molar-refractivity contribution is 5.98. The van der Waals surface area contributed by atoms with Gasteiger partial charge in [-0.1, -0.05) is 24.3 Å². The minimum Gasteiger partial charge on any atom is -0.354 e. The summed E-state index contributed by atoms with van der Waals surface area (Å²) in [6.45, 7) is 2.86. The van der Waals surface area contributed by atoms with E-state index in [1.165, 1.54) is 11.1 Å². The second kappa shape index (κ2) is 5.46. The molecule has 2 aromatic carbocycles. The molecule has 5 nitrogen and oxygen atoms in total. The van der Waals surface area contributed by atoms with Gasteiger partial charge in [0, 0.05) is 36.1 Å². The number of H-pyrrole nitrogens is 1. The predicted molar refractivity (Wildman–Crippen MR) is 101 cm³/mol. The third kappa shape index (κ3) is 2.03. The second-order valence-electron chi connectivity index (χ2n) is 7.16. The fourth-order valence-electron chi connectivity index (χ4n) is 4.37. The number of anilines is 2. The van der Waals surface area contributed by atoms with Crippen molar-refractivity contribution in [1.29, 1.82) is 0 Å². The van der Waals surface area contributed by atoms with E-state index in [1.807, 2.05) is 12.4 Å². The number of amides is 1. The summed E-state index contributed by atoms with van der Waals surface area (Å²) in [7, 11) is 0.